The van der Waals surface area contributed by atoms with Crippen molar-refractivity contribution in [3.05, 3.63) is 34.9 Å². The van der Waals surface area contributed by atoms with Gasteiger partial charge >= 0.3 is 0 Å². The summed E-state index contributed by atoms with van der Waals surface area (Å²) in [4.78, 5) is 0. The molecule has 1 rings (SSSR count). The van der Waals surface area contributed by atoms with Gasteiger partial charge in [0, 0.05) is 0 Å². The minimum absolute atomic E-state index is 0.495. The van der Waals surface area contributed by atoms with E-state index in [0.29, 0.717) is 11.1 Å². The van der Waals surface area contributed by atoms with E-state index in [4.69, 9.17) is 11.0 Å². The van der Waals surface area contributed by atoms with E-state index in [9.17, 15) is 5.11 Å². The Kier molecular flexibility index (Phi) is 3.23. The number of hydrogen-bond donors (Lipinski definition) is 2. The maximum Gasteiger partial charge on any atom is 0.0995 e. The summed E-state index contributed by atoms with van der Waals surface area (Å²) in [6.07, 6.45) is -0.648. The largest absolute Gasteiger partial charge is 0.391 e. The first-order chi connectivity index (χ1) is 6.56. The monoisotopic (exact) mass is 190 g/mol. The van der Waals surface area contributed by atoms with E-state index in [1.807, 2.05) is 13.0 Å². The Morgan fingerprint density at radius 3 is 2.64 bits per heavy atom. The predicted molar refractivity (Wildman–Crippen MR) is 54.5 cm³/mol. The number of nitriles is 1. The van der Waals surface area contributed by atoms with Gasteiger partial charge in [-0.1, -0.05) is 12.1 Å². The molecule has 0 heterocycles. The van der Waals surface area contributed by atoms with Crippen molar-refractivity contribution in [2.75, 3.05) is 0 Å². The summed E-state index contributed by atoms with van der Waals surface area (Å²) in [5.41, 5.74) is 8.02. The maximum atomic E-state index is 9.33. The highest BCUT2D eigenvalue weighted by Gasteiger charge is 2.15. The zero-order chi connectivity index (χ0) is 10.7. The van der Waals surface area contributed by atoms with Gasteiger partial charge in [-0.3, -0.25) is 0 Å². The second-order valence-corrected chi connectivity index (χ2v) is 3.47. The molecule has 3 nitrogen and oxygen atoms in total. The van der Waals surface area contributed by atoms with Gasteiger partial charge in [0.1, 0.15) is 0 Å². The second kappa shape index (κ2) is 4.23. The van der Waals surface area contributed by atoms with Crippen LogP contribution in [-0.2, 0) is 0 Å². The molecule has 0 aliphatic carbocycles. The van der Waals surface area contributed by atoms with Crippen LogP contribution in [-0.4, -0.2) is 11.2 Å². The third kappa shape index (κ3) is 2.11. The molecule has 1 aromatic carbocycles. The molecule has 0 unspecified atom stereocenters. The minimum atomic E-state index is -0.648. The molecular formula is C11H14N2O. The Morgan fingerprint density at radius 1 is 1.50 bits per heavy atom. The molecule has 0 saturated carbocycles. The van der Waals surface area contributed by atoms with Crippen LogP contribution in [0.3, 0.4) is 0 Å². The standard InChI is InChI=1S/C11H14N2O/c1-7-3-4-10(9(5-7)6-12)11(13)8(2)14/h3-5,8,11,14H,13H2,1-2H3/t8-,11+/m0/s1. The van der Waals surface area contributed by atoms with E-state index < -0.39 is 12.1 Å². The highest BCUT2D eigenvalue weighted by atomic mass is 16.3. The van der Waals surface area contributed by atoms with Gasteiger partial charge in [0.2, 0.25) is 0 Å². The number of nitrogens with zero attached hydrogens (tertiary/aromatic N) is 1. The third-order valence-corrected chi connectivity index (χ3v) is 2.21. The summed E-state index contributed by atoms with van der Waals surface area (Å²) in [6, 6.07) is 7.05. The maximum absolute atomic E-state index is 9.33. The molecule has 14 heavy (non-hydrogen) atoms. The summed E-state index contributed by atoms with van der Waals surface area (Å²) in [6.45, 7) is 3.53. The number of benzene rings is 1. The highest BCUT2D eigenvalue weighted by molar-refractivity contribution is 5.42. The van der Waals surface area contributed by atoms with Crippen LogP contribution in [0.15, 0.2) is 18.2 Å². The molecule has 0 fully saturated rings. The Labute approximate surface area is 83.8 Å². The first kappa shape index (κ1) is 10.7. The number of hydrogen-bond acceptors (Lipinski definition) is 3. The number of aryl methyl sites for hydroxylation is 1. The van der Waals surface area contributed by atoms with Gasteiger partial charge in [0.05, 0.1) is 23.8 Å². The number of aliphatic hydroxyl groups excluding tert-OH is 1. The van der Waals surface area contributed by atoms with Crippen molar-refractivity contribution in [2.45, 2.75) is 26.0 Å². The number of rotatable bonds is 2. The summed E-state index contributed by atoms with van der Waals surface area (Å²) < 4.78 is 0. The minimum Gasteiger partial charge on any atom is -0.391 e. The van der Waals surface area contributed by atoms with Crippen molar-refractivity contribution < 1.29 is 5.11 Å². The van der Waals surface area contributed by atoms with Crippen molar-refractivity contribution in [2.24, 2.45) is 5.73 Å². The Bertz CT molecular complexity index is 366. The summed E-state index contributed by atoms with van der Waals surface area (Å²) in [5, 5.41) is 18.2. The molecule has 0 radical (unpaired) electrons. The topological polar surface area (TPSA) is 70.0 Å². The lowest BCUT2D eigenvalue weighted by Crippen LogP contribution is -2.24. The first-order valence-corrected chi connectivity index (χ1v) is 4.50. The molecule has 0 aliphatic heterocycles. The van der Waals surface area contributed by atoms with Crippen molar-refractivity contribution in [3.63, 3.8) is 0 Å². The van der Waals surface area contributed by atoms with Crippen LogP contribution in [0.2, 0.25) is 0 Å². The molecule has 0 bridgehead atoms. The van der Waals surface area contributed by atoms with Crippen LogP contribution in [0.1, 0.15) is 29.7 Å². The average Bonchev–Trinajstić information content (AvgIpc) is 2.16. The summed E-state index contributed by atoms with van der Waals surface area (Å²) in [7, 11) is 0. The Balaban J connectivity index is 3.16. The molecule has 2 atom stereocenters. The summed E-state index contributed by atoms with van der Waals surface area (Å²) >= 11 is 0. The molecule has 0 spiro atoms. The molecule has 3 N–H and O–H groups in total. The number of nitrogens with two attached hydrogens (primary N) is 1. The van der Waals surface area contributed by atoms with Gasteiger partial charge in [0.25, 0.3) is 0 Å². The first-order valence-electron chi connectivity index (χ1n) is 4.50. The fourth-order valence-corrected chi connectivity index (χ4v) is 1.32. The second-order valence-electron chi connectivity index (χ2n) is 3.47. The zero-order valence-electron chi connectivity index (χ0n) is 8.36. The van der Waals surface area contributed by atoms with Crippen molar-refractivity contribution in [1.29, 1.82) is 5.26 Å². The van der Waals surface area contributed by atoms with Gasteiger partial charge in [-0.2, -0.15) is 5.26 Å². The van der Waals surface area contributed by atoms with Crippen LogP contribution in [0.25, 0.3) is 0 Å². The van der Waals surface area contributed by atoms with E-state index in [1.54, 1.807) is 19.1 Å². The van der Waals surface area contributed by atoms with Gasteiger partial charge in [0.15, 0.2) is 0 Å². The van der Waals surface area contributed by atoms with Crippen molar-refractivity contribution in [1.82, 2.24) is 0 Å². The quantitative estimate of drug-likeness (QED) is 0.737. The Morgan fingerprint density at radius 2 is 2.14 bits per heavy atom. The third-order valence-electron chi connectivity index (χ3n) is 2.21. The summed E-state index contributed by atoms with van der Waals surface area (Å²) in [5.74, 6) is 0. The lowest BCUT2D eigenvalue weighted by molar-refractivity contribution is 0.164. The molecule has 0 amide bonds. The smallest absolute Gasteiger partial charge is 0.0995 e. The van der Waals surface area contributed by atoms with Gasteiger partial charge in [-0.05, 0) is 31.0 Å². The van der Waals surface area contributed by atoms with Gasteiger partial charge in [-0.15, -0.1) is 0 Å². The van der Waals surface area contributed by atoms with Crippen molar-refractivity contribution >= 4 is 0 Å². The lowest BCUT2D eigenvalue weighted by Gasteiger charge is -2.16. The van der Waals surface area contributed by atoms with E-state index in [0.717, 1.165) is 5.56 Å². The molecule has 3 heteroatoms. The highest BCUT2D eigenvalue weighted by Crippen LogP contribution is 2.19. The lowest BCUT2D eigenvalue weighted by atomic mass is 9.97. The molecule has 74 valence electrons. The normalized spacial score (nSPS) is 14.5. The van der Waals surface area contributed by atoms with E-state index >= 15 is 0 Å². The predicted octanol–water partition coefficient (Wildman–Crippen LogP) is 1.25. The SMILES string of the molecule is Cc1ccc([C@H](N)[C@H](C)O)c(C#N)c1. The van der Waals surface area contributed by atoms with Crippen LogP contribution in [0.4, 0.5) is 0 Å². The van der Waals surface area contributed by atoms with Gasteiger partial charge < -0.3 is 10.8 Å². The zero-order valence-corrected chi connectivity index (χ0v) is 8.36. The van der Waals surface area contributed by atoms with Crippen molar-refractivity contribution in [3.8, 4) is 6.07 Å². The molecular weight excluding hydrogens is 176 g/mol. The van der Waals surface area contributed by atoms with Crippen LogP contribution in [0, 0.1) is 18.3 Å². The fraction of sp³-hybridized carbons (Fsp3) is 0.364. The molecule has 0 aromatic heterocycles. The number of aliphatic hydroxyl groups is 1. The van der Waals surface area contributed by atoms with E-state index in [1.165, 1.54) is 0 Å². The fourth-order valence-electron chi connectivity index (χ4n) is 1.32. The van der Waals surface area contributed by atoms with Gasteiger partial charge in [-0.25, -0.2) is 0 Å². The van der Waals surface area contributed by atoms with Crippen LogP contribution < -0.4 is 5.73 Å². The van der Waals surface area contributed by atoms with E-state index in [2.05, 4.69) is 6.07 Å². The molecule has 0 aliphatic rings. The van der Waals surface area contributed by atoms with Crippen LogP contribution in [0.5, 0.6) is 0 Å². The Hall–Kier alpha value is -1.37. The molecule has 0 saturated heterocycles. The average molecular weight is 190 g/mol. The van der Waals surface area contributed by atoms with Crippen LogP contribution >= 0.6 is 0 Å². The van der Waals surface area contributed by atoms with E-state index in [-0.39, 0.29) is 0 Å². The molecule has 1 aromatic rings.